The Bertz CT molecular complexity index is 449. The smallest absolute Gasteiger partial charge is 0.350 e. The molecule has 1 atom stereocenters. The van der Waals surface area contributed by atoms with Crippen molar-refractivity contribution in [2.24, 2.45) is 0 Å². The number of rotatable bonds is 8. The van der Waals surface area contributed by atoms with Crippen molar-refractivity contribution in [2.75, 3.05) is 37.6 Å². The summed E-state index contributed by atoms with van der Waals surface area (Å²) < 4.78 is 10.2. The topological polar surface area (TPSA) is 73.6 Å². The van der Waals surface area contributed by atoms with Crippen molar-refractivity contribution in [1.29, 1.82) is 0 Å². The molecule has 1 unspecified atom stereocenters. The molecule has 0 aromatic carbocycles. The van der Waals surface area contributed by atoms with Crippen LogP contribution in [0.5, 0.6) is 0 Å². The summed E-state index contributed by atoms with van der Waals surface area (Å²) in [6.45, 7) is 4.81. The lowest BCUT2D eigenvalue weighted by Gasteiger charge is -2.16. The van der Waals surface area contributed by atoms with Gasteiger partial charge >= 0.3 is 5.97 Å². The monoisotopic (exact) mass is 318 g/mol. The summed E-state index contributed by atoms with van der Waals surface area (Å²) in [6.07, 6.45) is 2.87. The van der Waals surface area contributed by atoms with E-state index in [-0.39, 0.29) is 12.0 Å². The van der Waals surface area contributed by atoms with Gasteiger partial charge in [0, 0.05) is 13.2 Å². The zero-order valence-electron chi connectivity index (χ0n) is 12.3. The van der Waals surface area contributed by atoms with Crippen molar-refractivity contribution < 1.29 is 14.3 Å². The minimum absolute atomic E-state index is 0.194. The quantitative estimate of drug-likeness (QED) is 0.567. The molecule has 0 radical (unpaired) electrons. The number of nitrogens with one attached hydrogen (secondary N) is 1. The standard InChI is InChI=1S/C13H22N2O3S2/c1-5-8(7-17-3)15-12-10(19-4)9(14)11(20-12)13(16)18-6-2/h8,15H,5-7,14H2,1-4H3. The first-order chi connectivity index (χ1) is 9.58. The Morgan fingerprint density at radius 1 is 1.50 bits per heavy atom. The highest BCUT2D eigenvalue weighted by atomic mass is 32.2. The summed E-state index contributed by atoms with van der Waals surface area (Å²) in [5.74, 6) is -0.363. The predicted molar refractivity (Wildman–Crippen MR) is 86.0 cm³/mol. The molecule has 0 bridgehead atoms. The van der Waals surface area contributed by atoms with Crippen molar-refractivity contribution in [3.05, 3.63) is 4.88 Å². The van der Waals surface area contributed by atoms with E-state index in [0.717, 1.165) is 16.3 Å². The first-order valence-electron chi connectivity index (χ1n) is 6.47. The van der Waals surface area contributed by atoms with E-state index < -0.39 is 0 Å². The fraction of sp³-hybridized carbons (Fsp3) is 0.615. The Morgan fingerprint density at radius 3 is 2.70 bits per heavy atom. The van der Waals surface area contributed by atoms with Gasteiger partial charge in [0.1, 0.15) is 9.88 Å². The van der Waals surface area contributed by atoms with Crippen molar-refractivity contribution in [3.63, 3.8) is 0 Å². The van der Waals surface area contributed by atoms with Crippen molar-refractivity contribution in [1.82, 2.24) is 0 Å². The fourth-order valence-corrected chi connectivity index (χ4v) is 3.72. The SMILES string of the molecule is CCOC(=O)c1sc(NC(CC)COC)c(SC)c1N. The van der Waals surface area contributed by atoms with Crippen LogP contribution in [0.2, 0.25) is 0 Å². The lowest BCUT2D eigenvalue weighted by molar-refractivity contribution is 0.0533. The van der Waals surface area contributed by atoms with E-state index in [1.165, 1.54) is 23.1 Å². The van der Waals surface area contributed by atoms with Crippen LogP contribution < -0.4 is 11.1 Å². The number of anilines is 2. The Balaban J connectivity index is 3.01. The van der Waals surface area contributed by atoms with Gasteiger partial charge in [0.05, 0.1) is 23.8 Å². The number of carbonyl (C=O) groups is 1. The van der Waals surface area contributed by atoms with Gasteiger partial charge in [-0.25, -0.2) is 4.79 Å². The number of nitrogen functional groups attached to an aromatic ring is 1. The van der Waals surface area contributed by atoms with Crippen LogP contribution in [0.25, 0.3) is 0 Å². The van der Waals surface area contributed by atoms with Crippen LogP contribution in [0.4, 0.5) is 10.7 Å². The van der Waals surface area contributed by atoms with Crippen LogP contribution in [-0.2, 0) is 9.47 Å². The molecule has 20 heavy (non-hydrogen) atoms. The van der Waals surface area contributed by atoms with Gasteiger partial charge in [-0.05, 0) is 19.6 Å². The molecule has 114 valence electrons. The van der Waals surface area contributed by atoms with E-state index in [1.54, 1.807) is 14.0 Å². The lowest BCUT2D eigenvalue weighted by atomic mass is 10.2. The number of hydrogen-bond acceptors (Lipinski definition) is 7. The summed E-state index contributed by atoms with van der Waals surface area (Å²) in [5.41, 5.74) is 6.55. The summed E-state index contributed by atoms with van der Waals surface area (Å²) >= 11 is 2.86. The van der Waals surface area contributed by atoms with Gasteiger partial charge < -0.3 is 20.5 Å². The molecule has 1 aromatic heterocycles. The summed E-state index contributed by atoms with van der Waals surface area (Å²) in [6, 6.07) is 0.194. The first-order valence-corrected chi connectivity index (χ1v) is 8.51. The Morgan fingerprint density at radius 2 is 2.20 bits per heavy atom. The van der Waals surface area contributed by atoms with E-state index in [0.29, 0.717) is 23.8 Å². The molecule has 0 aliphatic rings. The molecule has 7 heteroatoms. The largest absolute Gasteiger partial charge is 0.462 e. The van der Waals surface area contributed by atoms with Crippen molar-refractivity contribution >= 4 is 39.8 Å². The normalized spacial score (nSPS) is 12.2. The number of nitrogens with two attached hydrogens (primary N) is 1. The molecule has 0 fully saturated rings. The number of thioether (sulfide) groups is 1. The molecule has 0 aliphatic carbocycles. The number of ether oxygens (including phenoxy) is 2. The van der Waals surface area contributed by atoms with Gasteiger partial charge in [-0.2, -0.15) is 0 Å². The van der Waals surface area contributed by atoms with Gasteiger partial charge in [0.25, 0.3) is 0 Å². The fourth-order valence-electron chi connectivity index (χ4n) is 1.72. The van der Waals surface area contributed by atoms with E-state index >= 15 is 0 Å². The average Bonchev–Trinajstić information content (AvgIpc) is 2.74. The van der Waals surface area contributed by atoms with Gasteiger partial charge in [-0.3, -0.25) is 0 Å². The highest BCUT2D eigenvalue weighted by Crippen LogP contribution is 2.42. The van der Waals surface area contributed by atoms with E-state index in [2.05, 4.69) is 12.2 Å². The Hall–Kier alpha value is -0.920. The summed E-state index contributed by atoms with van der Waals surface area (Å²) in [7, 11) is 1.67. The molecular formula is C13H22N2O3S2. The molecule has 1 aromatic rings. The van der Waals surface area contributed by atoms with E-state index in [9.17, 15) is 4.79 Å². The number of carbonyl (C=O) groups excluding carboxylic acids is 1. The third-order valence-corrected chi connectivity index (χ3v) is 4.84. The zero-order chi connectivity index (χ0) is 15.1. The second-order valence-electron chi connectivity index (χ2n) is 4.13. The van der Waals surface area contributed by atoms with Crippen molar-refractivity contribution in [2.45, 2.75) is 31.2 Å². The van der Waals surface area contributed by atoms with Gasteiger partial charge in [0.2, 0.25) is 0 Å². The lowest BCUT2D eigenvalue weighted by Crippen LogP contribution is -2.23. The zero-order valence-corrected chi connectivity index (χ0v) is 14.0. The van der Waals surface area contributed by atoms with Crippen LogP contribution in [0.1, 0.15) is 29.9 Å². The molecule has 0 saturated heterocycles. The van der Waals surface area contributed by atoms with Gasteiger partial charge in [-0.15, -0.1) is 23.1 Å². The number of hydrogen-bond donors (Lipinski definition) is 2. The molecule has 0 spiro atoms. The maximum Gasteiger partial charge on any atom is 0.350 e. The van der Waals surface area contributed by atoms with E-state index in [4.69, 9.17) is 15.2 Å². The van der Waals surface area contributed by atoms with Gasteiger partial charge in [0.15, 0.2) is 0 Å². The highest BCUT2D eigenvalue weighted by Gasteiger charge is 2.22. The molecule has 0 aliphatic heterocycles. The predicted octanol–water partition coefficient (Wildman–Crippen LogP) is 3.07. The highest BCUT2D eigenvalue weighted by molar-refractivity contribution is 7.99. The summed E-state index contributed by atoms with van der Waals surface area (Å²) in [5, 5.41) is 4.30. The molecular weight excluding hydrogens is 296 g/mol. The third-order valence-electron chi connectivity index (χ3n) is 2.76. The van der Waals surface area contributed by atoms with Crippen LogP contribution in [0.3, 0.4) is 0 Å². The second-order valence-corrected chi connectivity index (χ2v) is 5.97. The third kappa shape index (κ3) is 4.04. The van der Waals surface area contributed by atoms with Crippen LogP contribution in [-0.4, -0.2) is 38.6 Å². The number of esters is 1. The minimum Gasteiger partial charge on any atom is -0.462 e. The Labute approximate surface area is 128 Å². The number of thiophene rings is 1. The maximum absolute atomic E-state index is 11.9. The average molecular weight is 318 g/mol. The van der Waals surface area contributed by atoms with Crippen LogP contribution in [0.15, 0.2) is 4.90 Å². The molecule has 1 rings (SSSR count). The van der Waals surface area contributed by atoms with Crippen LogP contribution in [0, 0.1) is 0 Å². The molecule has 0 amide bonds. The maximum atomic E-state index is 11.9. The van der Waals surface area contributed by atoms with Crippen LogP contribution >= 0.6 is 23.1 Å². The molecule has 1 heterocycles. The first kappa shape index (κ1) is 17.1. The van der Waals surface area contributed by atoms with Gasteiger partial charge in [-0.1, -0.05) is 6.92 Å². The molecule has 0 saturated carbocycles. The Kier molecular flexibility index (Phi) is 7.18. The van der Waals surface area contributed by atoms with E-state index in [1.807, 2.05) is 6.26 Å². The summed E-state index contributed by atoms with van der Waals surface area (Å²) in [4.78, 5) is 13.2. The molecule has 5 nitrogen and oxygen atoms in total. The van der Waals surface area contributed by atoms with Crippen molar-refractivity contribution in [3.8, 4) is 0 Å². The number of methoxy groups -OCH3 is 1. The minimum atomic E-state index is -0.363. The molecule has 3 N–H and O–H groups in total. The second kappa shape index (κ2) is 8.39.